The van der Waals surface area contributed by atoms with E-state index in [1.807, 2.05) is 13.8 Å². The van der Waals surface area contributed by atoms with E-state index in [1.165, 1.54) is 53.2 Å². The third-order valence-electron chi connectivity index (χ3n) is 13.3. The lowest BCUT2D eigenvalue weighted by Gasteiger charge is -2.29. The van der Waals surface area contributed by atoms with Crippen molar-refractivity contribution >= 4 is 44.2 Å². The van der Waals surface area contributed by atoms with Gasteiger partial charge in [-0.25, -0.2) is 4.79 Å². The summed E-state index contributed by atoms with van der Waals surface area (Å²) < 4.78 is 4.94. The molecule has 0 bridgehead atoms. The number of fused-ring (bicyclic) bond motifs is 6. The SMILES string of the molecule is CCCCn1c([O-])c(C2=C(/C=C/C3=[N+](C)c4ccc5ccccc5c4C3(C)C)CCC/C2=C\C=C2\N(C)c3ccc4ccccc4c3C2(C)C)c(=O)n(CCCC)c1=O. The molecule has 0 unspecified atom stereocenters. The molecule has 4 aromatic carbocycles. The molecule has 1 aliphatic carbocycles. The van der Waals surface area contributed by atoms with E-state index >= 15 is 0 Å². The van der Waals surface area contributed by atoms with Crippen molar-refractivity contribution in [3.63, 3.8) is 0 Å². The number of benzene rings is 4. The number of anilines is 1. The van der Waals surface area contributed by atoms with Crippen LogP contribution in [0.15, 0.2) is 124 Å². The smallest absolute Gasteiger partial charge is 0.330 e. The second kappa shape index (κ2) is 15.5. The Morgan fingerprint density at radius 3 is 2.05 bits per heavy atom. The minimum absolute atomic E-state index is 0.118. The number of hydrogen-bond donors (Lipinski definition) is 0. The van der Waals surface area contributed by atoms with Crippen LogP contribution < -0.4 is 21.3 Å². The summed E-state index contributed by atoms with van der Waals surface area (Å²) in [6, 6.07) is 25.9. The van der Waals surface area contributed by atoms with Crippen LogP contribution in [0.25, 0.3) is 27.1 Å². The van der Waals surface area contributed by atoms with Crippen molar-refractivity contribution in [3.05, 3.63) is 151 Å². The molecule has 2 aliphatic heterocycles. The van der Waals surface area contributed by atoms with Crippen LogP contribution in [0.5, 0.6) is 5.88 Å². The van der Waals surface area contributed by atoms with Crippen LogP contribution >= 0.6 is 0 Å². The Kier molecular flexibility index (Phi) is 10.5. The number of aromatic nitrogens is 2. The summed E-state index contributed by atoms with van der Waals surface area (Å²) in [6.45, 7) is 13.8. The van der Waals surface area contributed by atoms with Crippen molar-refractivity contribution in [2.45, 2.75) is 110 Å². The lowest BCUT2D eigenvalue weighted by atomic mass is 9.78. The summed E-state index contributed by atoms with van der Waals surface area (Å²) >= 11 is 0. The maximum atomic E-state index is 14.7. The first kappa shape index (κ1) is 40.1. The van der Waals surface area contributed by atoms with Gasteiger partial charge in [0.15, 0.2) is 5.71 Å². The third kappa shape index (κ3) is 6.54. The first-order valence-corrected chi connectivity index (χ1v) is 21.6. The van der Waals surface area contributed by atoms with Crippen LogP contribution in [-0.4, -0.2) is 33.5 Å². The Bertz CT molecular complexity index is 2800. The van der Waals surface area contributed by atoms with Crippen LogP contribution in [0.3, 0.4) is 0 Å². The molecule has 0 amide bonds. The van der Waals surface area contributed by atoms with Gasteiger partial charge in [0.05, 0.1) is 11.0 Å². The zero-order valence-electron chi connectivity index (χ0n) is 36.1. The standard InChI is InChI=1S/C52H58N4O3/c1-9-11-32-55-48(57)45(49(58)56(50(55)59)33-12-10-2)44-36(26-30-42-51(3,4)46-38-22-15-13-18-34(38)24-28-40(46)53(42)7)20-17-21-37(44)27-31-43-52(5,6)47-39-23-16-14-19-35(39)25-29-41(47)54(43)8/h13-16,18-19,22-31H,9-12,17,20-21,32-33H2,1-8H3/b36-26+,42-30+. The molecule has 8 rings (SSSR count). The van der Waals surface area contributed by atoms with E-state index in [4.69, 9.17) is 0 Å². The molecule has 0 saturated heterocycles. The van der Waals surface area contributed by atoms with Crippen molar-refractivity contribution < 1.29 is 9.68 Å². The van der Waals surface area contributed by atoms with Crippen LogP contribution in [0.4, 0.5) is 11.4 Å². The fraction of sp³-hybridized carbons (Fsp3) is 0.365. The molecule has 304 valence electrons. The Labute approximate surface area is 348 Å². The maximum absolute atomic E-state index is 14.7. The molecule has 0 radical (unpaired) electrons. The monoisotopic (exact) mass is 786 g/mol. The molecular weight excluding hydrogens is 729 g/mol. The Morgan fingerprint density at radius 1 is 0.746 bits per heavy atom. The molecule has 7 heteroatoms. The molecule has 5 aromatic rings. The van der Waals surface area contributed by atoms with Gasteiger partial charge in [0.2, 0.25) is 5.69 Å². The molecule has 0 saturated carbocycles. The number of unbranched alkanes of at least 4 members (excludes halogenated alkanes) is 2. The topological polar surface area (TPSA) is 73.3 Å². The average molecular weight is 787 g/mol. The quantitative estimate of drug-likeness (QED) is 0.132. The summed E-state index contributed by atoms with van der Waals surface area (Å²) in [4.78, 5) is 30.9. The number of hydrogen-bond acceptors (Lipinski definition) is 4. The highest BCUT2D eigenvalue weighted by Crippen LogP contribution is 2.50. The molecule has 0 spiro atoms. The van der Waals surface area contributed by atoms with Gasteiger partial charge in [-0.3, -0.25) is 9.36 Å². The number of allylic oxidation sites excluding steroid dienone is 8. The molecule has 3 heterocycles. The van der Waals surface area contributed by atoms with Crippen LogP contribution in [0.1, 0.15) is 103 Å². The lowest BCUT2D eigenvalue weighted by Crippen LogP contribution is -2.43. The molecule has 0 N–H and O–H groups in total. The van der Waals surface area contributed by atoms with Crippen molar-refractivity contribution in [2.75, 3.05) is 19.0 Å². The summed E-state index contributed by atoms with van der Waals surface area (Å²) in [7, 11) is 4.26. The number of likely N-dealkylation sites (N-methyl/N-ethyl adjacent to an activating group) is 1. The highest BCUT2D eigenvalue weighted by atomic mass is 16.3. The number of nitrogens with zero attached hydrogens (tertiary/aromatic N) is 4. The van der Waals surface area contributed by atoms with E-state index in [9.17, 15) is 14.7 Å². The highest BCUT2D eigenvalue weighted by molar-refractivity contribution is 6.08. The summed E-state index contributed by atoms with van der Waals surface area (Å²) in [6.07, 6.45) is 14.0. The molecule has 1 aromatic heterocycles. The first-order chi connectivity index (χ1) is 28.3. The maximum Gasteiger partial charge on any atom is 0.330 e. The van der Waals surface area contributed by atoms with Gasteiger partial charge in [-0.05, 0) is 114 Å². The Morgan fingerprint density at radius 2 is 1.37 bits per heavy atom. The van der Waals surface area contributed by atoms with Crippen LogP contribution in [0.2, 0.25) is 0 Å². The zero-order chi connectivity index (χ0) is 41.8. The van der Waals surface area contributed by atoms with Gasteiger partial charge < -0.3 is 14.6 Å². The van der Waals surface area contributed by atoms with E-state index < -0.39 is 17.1 Å². The summed E-state index contributed by atoms with van der Waals surface area (Å²) in [5.74, 6) is -0.482. The summed E-state index contributed by atoms with van der Waals surface area (Å²) in [5, 5.41) is 19.7. The third-order valence-corrected chi connectivity index (χ3v) is 13.3. The molecule has 7 nitrogen and oxygen atoms in total. The second-order valence-electron chi connectivity index (χ2n) is 17.7. The highest BCUT2D eigenvalue weighted by Gasteiger charge is 2.44. The van der Waals surface area contributed by atoms with E-state index in [-0.39, 0.29) is 29.5 Å². The second-order valence-corrected chi connectivity index (χ2v) is 17.7. The van der Waals surface area contributed by atoms with Crippen molar-refractivity contribution in [3.8, 4) is 5.88 Å². The van der Waals surface area contributed by atoms with E-state index in [0.29, 0.717) is 31.3 Å². The average Bonchev–Trinajstić information content (AvgIpc) is 3.55. The minimum Gasteiger partial charge on any atom is -0.859 e. The molecule has 3 aliphatic rings. The van der Waals surface area contributed by atoms with Crippen LogP contribution in [-0.2, 0) is 23.9 Å². The van der Waals surface area contributed by atoms with Gasteiger partial charge in [-0.15, -0.1) is 0 Å². The minimum atomic E-state index is -0.499. The summed E-state index contributed by atoms with van der Waals surface area (Å²) in [5.41, 5.74) is 8.34. The Hall–Kier alpha value is -5.69. The normalized spacial score (nSPS) is 18.7. The number of rotatable bonds is 10. The van der Waals surface area contributed by atoms with Gasteiger partial charge in [-0.1, -0.05) is 107 Å². The fourth-order valence-corrected chi connectivity index (χ4v) is 10.2. The van der Waals surface area contributed by atoms with Gasteiger partial charge >= 0.3 is 5.69 Å². The van der Waals surface area contributed by atoms with Gasteiger partial charge in [-0.2, -0.15) is 4.58 Å². The van der Waals surface area contributed by atoms with Crippen LogP contribution in [0, 0.1) is 0 Å². The Balaban J connectivity index is 1.33. The van der Waals surface area contributed by atoms with E-state index in [1.54, 1.807) is 0 Å². The van der Waals surface area contributed by atoms with Gasteiger partial charge in [0.25, 0.3) is 5.56 Å². The largest absolute Gasteiger partial charge is 0.859 e. The van der Waals surface area contributed by atoms with Gasteiger partial charge in [0, 0.05) is 54.6 Å². The molecular formula is C52H58N4O3. The predicted octanol–water partition coefficient (Wildman–Crippen LogP) is 10.4. The van der Waals surface area contributed by atoms with Crippen molar-refractivity contribution in [1.29, 1.82) is 0 Å². The first-order valence-electron chi connectivity index (χ1n) is 21.6. The lowest BCUT2D eigenvalue weighted by molar-refractivity contribution is -0.401. The van der Waals surface area contributed by atoms with Crippen molar-refractivity contribution in [1.82, 2.24) is 9.13 Å². The fourth-order valence-electron chi connectivity index (χ4n) is 10.2. The van der Waals surface area contributed by atoms with E-state index in [0.717, 1.165) is 41.8 Å². The molecule has 59 heavy (non-hydrogen) atoms. The van der Waals surface area contributed by atoms with Gasteiger partial charge in [0.1, 0.15) is 7.05 Å². The van der Waals surface area contributed by atoms with Crippen molar-refractivity contribution in [2.24, 2.45) is 0 Å². The predicted molar refractivity (Wildman–Crippen MR) is 244 cm³/mol. The zero-order valence-corrected chi connectivity index (χ0v) is 36.1. The van der Waals surface area contributed by atoms with E-state index in [2.05, 4.69) is 148 Å². The molecule has 0 fully saturated rings. The molecule has 0 atom stereocenters.